The molecule has 0 spiro atoms. The zero-order chi connectivity index (χ0) is 14.5. The molecule has 0 N–H and O–H groups in total. The monoisotopic (exact) mass is 299 g/mol. The van der Waals surface area contributed by atoms with Crippen LogP contribution < -0.4 is 0 Å². The number of hydrogen-bond acceptors (Lipinski definition) is 3. The quantitative estimate of drug-likeness (QED) is 0.791. The molecular weight excluding hydrogens is 278 g/mol. The Balaban J connectivity index is 1.46. The maximum atomic E-state index is 4.25. The summed E-state index contributed by atoms with van der Waals surface area (Å²) in [5, 5.41) is 4.25. The second-order valence-corrected chi connectivity index (χ2v) is 6.51. The lowest BCUT2D eigenvalue weighted by atomic mass is 10.0. The minimum Gasteiger partial charge on any atom is -0.299 e. The van der Waals surface area contributed by atoms with Gasteiger partial charge in [-0.05, 0) is 24.1 Å². The van der Waals surface area contributed by atoms with E-state index in [1.54, 1.807) is 0 Å². The molecule has 3 nitrogen and oxygen atoms in total. The Hall–Kier alpha value is -1.52. The van der Waals surface area contributed by atoms with Crippen LogP contribution >= 0.6 is 11.8 Å². The molecule has 3 rings (SSSR count). The van der Waals surface area contributed by atoms with Crippen LogP contribution in [-0.2, 0) is 7.05 Å². The Labute approximate surface area is 130 Å². The molecule has 0 atom stereocenters. The maximum absolute atomic E-state index is 4.25. The summed E-state index contributed by atoms with van der Waals surface area (Å²) in [7, 11) is 1.97. The third-order valence-corrected chi connectivity index (χ3v) is 4.78. The normalized spacial score (nSPS) is 16.0. The molecular formula is C17H21N3S. The predicted octanol–water partition coefficient (Wildman–Crippen LogP) is 3.30. The molecule has 2 heterocycles. The molecule has 0 amide bonds. The van der Waals surface area contributed by atoms with Crippen molar-refractivity contribution in [3.05, 3.63) is 54.4 Å². The van der Waals surface area contributed by atoms with Gasteiger partial charge in [-0.1, -0.05) is 24.3 Å². The zero-order valence-electron chi connectivity index (χ0n) is 12.4. The van der Waals surface area contributed by atoms with Crippen LogP contribution in [0.4, 0.5) is 0 Å². The minimum absolute atomic E-state index is 1.06. The Bertz CT molecular complexity index is 604. The van der Waals surface area contributed by atoms with Gasteiger partial charge < -0.3 is 0 Å². The molecule has 1 aliphatic rings. The van der Waals surface area contributed by atoms with Gasteiger partial charge in [-0.15, -0.1) is 11.8 Å². The van der Waals surface area contributed by atoms with Crippen LogP contribution in [0, 0.1) is 0 Å². The number of thioether (sulfide) groups is 1. The summed E-state index contributed by atoms with van der Waals surface area (Å²) in [6.07, 6.45) is 7.55. The Morgan fingerprint density at radius 1 is 1.24 bits per heavy atom. The highest BCUT2D eigenvalue weighted by molar-refractivity contribution is 7.99. The lowest BCUT2D eigenvalue weighted by molar-refractivity contribution is 0.321. The fourth-order valence-electron chi connectivity index (χ4n) is 2.57. The maximum Gasteiger partial charge on any atom is 0.0564 e. The van der Waals surface area contributed by atoms with Crippen LogP contribution in [0.2, 0.25) is 0 Å². The Morgan fingerprint density at radius 3 is 2.76 bits per heavy atom. The summed E-state index contributed by atoms with van der Waals surface area (Å²) in [4.78, 5) is 3.89. The first-order chi connectivity index (χ1) is 10.3. The summed E-state index contributed by atoms with van der Waals surface area (Å²) in [5.41, 5.74) is 2.71. The van der Waals surface area contributed by atoms with Crippen LogP contribution in [0.25, 0.3) is 5.57 Å². The van der Waals surface area contributed by atoms with Crippen molar-refractivity contribution < 1.29 is 0 Å². The second-order valence-electron chi connectivity index (χ2n) is 5.34. The fraction of sp³-hybridized carbons (Fsp3) is 0.353. The van der Waals surface area contributed by atoms with Crippen molar-refractivity contribution in [2.75, 3.05) is 25.4 Å². The topological polar surface area (TPSA) is 21.1 Å². The SMILES string of the molecule is Cn1cc(C2=CCN(CCSc3ccccc3)CC2)cn1. The summed E-state index contributed by atoms with van der Waals surface area (Å²) in [5.74, 6) is 1.15. The summed E-state index contributed by atoms with van der Waals surface area (Å²) >= 11 is 1.94. The van der Waals surface area contributed by atoms with E-state index >= 15 is 0 Å². The highest BCUT2D eigenvalue weighted by Crippen LogP contribution is 2.22. The Morgan fingerprint density at radius 2 is 2.10 bits per heavy atom. The van der Waals surface area contributed by atoms with Crippen LogP contribution in [0.1, 0.15) is 12.0 Å². The van der Waals surface area contributed by atoms with Gasteiger partial charge in [-0.3, -0.25) is 9.58 Å². The molecule has 1 aromatic heterocycles. The minimum atomic E-state index is 1.06. The highest BCUT2D eigenvalue weighted by atomic mass is 32.2. The highest BCUT2D eigenvalue weighted by Gasteiger charge is 2.13. The molecule has 0 fully saturated rings. The summed E-state index contributed by atoms with van der Waals surface area (Å²) < 4.78 is 1.87. The fourth-order valence-corrected chi connectivity index (χ4v) is 3.51. The number of rotatable bonds is 5. The van der Waals surface area contributed by atoms with Crippen molar-refractivity contribution in [1.29, 1.82) is 0 Å². The second kappa shape index (κ2) is 6.96. The lowest BCUT2D eigenvalue weighted by Crippen LogP contribution is -2.30. The van der Waals surface area contributed by atoms with Gasteiger partial charge in [0, 0.05) is 49.1 Å². The molecule has 0 saturated carbocycles. The van der Waals surface area contributed by atoms with Gasteiger partial charge in [-0.25, -0.2) is 0 Å². The molecule has 1 aromatic carbocycles. The molecule has 110 valence electrons. The summed E-state index contributed by atoms with van der Waals surface area (Å²) in [6, 6.07) is 10.6. The summed E-state index contributed by atoms with van der Waals surface area (Å²) in [6.45, 7) is 3.35. The van der Waals surface area contributed by atoms with Crippen molar-refractivity contribution in [3.63, 3.8) is 0 Å². The van der Waals surface area contributed by atoms with E-state index < -0.39 is 0 Å². The molecule has 0 saturated heterocycles. The first-order valence-corrected chi connectivity index (χ1v) is 8.38. The first kappa shape index (κ1) is 14.4. The van der Waals surface area contributed by atoms with Gasteiger partial charge >= 0.3 is 0 Å². The Kier molecular flexibility index (Phi) is 4.78. The van der Waals surface area contributed by atoms with Crippen LogP contribution in [0.5, 0.6) is 0 Å². The van der Waals surface area contributed by atoms with Crippen molar-refractivity contribution in [3.8, 4) is 0 Å². The third kappa shape index (κ3) is 3.99. The van der Waals surface area contributed by atoms with E-state index in [0.29, 0.717) is 0 Å². The first-order valence-electron chi connectivity index (χ1n) is 7.39. The van der Waals surface area contributed by atoms with Crippen molar-refractivity contribution in [1.82, 2.24) is 14.7 Å². The molecule has 0 bridgehead atoms. The number of aryl methyl sites for hydroxylation is 1. The molecule has 4 heteroatoms. The van der Waals surface area contributed by atoms with Crippen LogP contribution in [-0.4, -0.2) is 40.1 Å². The number of aromatic nitrogens is 2. The average molecular weight is 299 g/mol. The number of hydrogen-bond donors (Lipinski definition) is 0. The van der Waals surface area contributed by atoms with Gasteiger partial charge in [0.15, 0.2) is 0 Å². The molecule has 21 heavy (non-hydrogen) atoms. The third-order valence-electron chi connectivity index (χ3n) is 3.79. The van der Waals surface area contributed by atoms with Gasteiger partial charge in [0.05, 0.1) is 6.20 Å². The van der Waals surface area contributed by atoms with Crippen LogP contribution in [0.3, 0.4) is 0 Å². The van der Waals surface area contributed by atoms with E-state index in [9.17, 15) is 0 Å². The van der Waals surface area contributed by atoms with E-state index in [0.717, 1.165) is 31.8 Å². The van der Waals surface area contributed by atoms with E-state index in [1.165, 1.54) is 16.0 Å². The van der Waals surface area contributed by atoms with E-state index in [1.807, 2.05) is 29.7 Å². The van der Waals surface area contributed by atoms with Crippen molar-refractivity contribution >= 4 is 17.3 Å². The predicted molar refractivity (Wildman–Crippen MR) is 89.4 cm³/mol. The molecule has 1 aliphatic heterocycles. The van der Waals surface area contributed by atoms with Gasteiger partial charge in [0.1, 0.15) is 0 Å². The van der Waals surface area contributed by atoms with E-state index in [-0.39, 0.29) is 0 Å². The smallest absolute Gasteiger partial charge is 0.0564 e. The van der Waals surface area contributed by atoms with Gasteiger partial charge in [-0.2, -0.15) is 5.10 Å². The van der Waals surface area contributed by atoms with E-state index in [2.05, 4.69) is 52.6 Å². The van der Waals surface area contributed by atoms with Crippen molar-refractivity contribution in [2.45, 2.75) is 11.3 Å². The molecule has 0 unspecified atom stereocenters. The molecule has 2 aromatic rings. The van der Waals surface area contributed by atoms with E-state index in [4.69, 9.17) is 0 Å². The number of benzene rings is 1. The zero-order valence-corrected chi connectivity index (χ0v) is 13.2. The van der Waals surface area contributed by atoms with Gasteiger partial charge in [0.2, 0.25) is 0 Å². The molecule has 0 aliphatic carbocycles. The van der Waals surface area contributed by atoms with Crippen molar-refractivity contribution in [2.24, 2.45) is 7.05 Å². The number of nitrogens with zero attached hydrogens (tertiary/aromatic N) is 3. The standard InChI is InChI=1S/C17H21N3S/c1-19-14-16(13-18-19)15-7-9-20(10-8-15)11-12-21-17-5-3-2-4-6-17/h2-7,13-14H,8-12H2,1H3. The van der Waals surface area contributed by atoms with Crippen LogP contribution in [0.15, 0.2) is 53.7 Å². The lowest BCUT2D eigenvalue weighted by Gasteiger charge is -2.25. The van der Waals surface area contributed by atoms with Gasteiger partial charge in [0.25, 0.3) is 0 Å². The molecule has 0 radical (unpaired) electrons. The average Bonchev–Trinajstić information content (AvgIpc) is 2.96. The largest absolute Gasteiger partial charge is 0.299 e.